The molecule has 1 aromatic rings. The molecule has 108 valence electrons. The highest BCUT2D eigenvalue weighted by molar-refractivity contribution is 7.89. The van der Waals surface area contributed by atoms with Crippen LogP contribution in [0.1, 0.15) is 20.3 Å². The van der Waals surface area contributed by atoms with Crippen LogP contribution in [0.3, 0.4) is 0 Å². The number of benzene rings is 1. The van der Waals surface area contributed by atoms with E-state index < -0.39 is 10.0 Å². The van der Waals surface area contributed by atoms with Crippen molar-refractivity contribution in [3.05, 3.63) is 24.3 Å². The number of hydrogen-bond donors (Lipinski definition) is 3. The van der Waals surface area contributed by atoms with E-state index in [1.54, 1.807) is 24.3 Å². The molecule has 19 heavy (non-hydrogen) atoms. The molecule has 5 nitrogen and oxygen atoms in total. The van der Waals surface area contributed by atoms with Crippen molar-refractivity contribution in [2.75, 3.05) is 19.0 Å². The summed E-state index contributed by atoms with van der Waals surface area (Å²) in [7, 11) is -2.00. The minimum atomic E-state index is -3.39. The number of sulfonamides is 1. The zero-order valence-corrected chi connectivity index (χ0v) is 12.4. The summed E-state index contributed by atoms with van der Waals surface area (Å²) in [4.78, 5) is 0.240. The molecule has 0 amide bonds. The minimum Gasteiger partial charge on any atom is -0.396 e. The fraction of sp³-hybridized carbons (Fsp3) is 0.538. The SMILES string of the molecule is CNS(=O)(=O)c1ccc(NC(CCO)C(C)C)cc1. The predicted octanol–water partition coefficient (Wildman–Crippen LogP) is 1.41. The number of nitrogens with one attached hydrogen (secondary N) is 2. The van der Waals surface area contributed by atoms with Crippen LogP contribution in [0.15, 0.2) is 29.2 Å². The highest BCUT2D eigenvalue weighted by Gasteiger charge is 2.14. The average Bonchev–Trinajstić information content (AvgIpc) is 2.38. The number of anilines is 1. The quantitative estimate of drug-likeness (QED) is 0.708. The molecule has 0 aliphatic rings. The third-order valence-corrected chi connectivity index (χ3v) is 4.46. The Morgan fingerprint density at radius 2 is 1.79 bits per heavy atom. The number of rotatable bonds is 7. The normalized spacial score (nSPS) is 13.5. The van der Waals surface area contributed by atoms with Crippen molar-refractivity contribution >= 4 is 15.7 Å². The Hall–Kier alpha value is -1.11. The molecule has 0 saturated heterocycles. The van der Waals surface area contributed by atoms with Crippen LogP contribution in [0, 0.1) is 5.92 Å². The first kappa shape index (κ1) is 15.9. The number of hydrogen-bond acceptors (Lipinski definition) is 4. The van der Waals surface area contributed by atoms with E-state index in [9.17, 15) is 8.42 Å². The summed E-state index contributed by atoms with van der Waals surface area (Å²) in [5.74, 6) is 0.382. The van der Waals surface area contributed by atoms with E-state index >= 15 is 0 Å². The molecule has 3 N–H and O–H groups in total. The third kappa shape index (κ3) is 4.49. The molecule has 0 fully saturated rings. The molecule has 0 bridgehead atoms. The Morgan fingerprint density at radius 1 is 1.21 bits per heavy atom. The van der Waals surface area contributed by atoms with Crippen molar-refractivity contribution in [3.63, 3.8) is 0 Å². The molecule has 6 heteroatoms. The molecule has 1 atom stereocenters. The second-order valence-electron chi connectivity index (χ2n) is 4.74. The molecule has 1 aromatic carbocycles. The highest BCUT2D eigenvalue weighted by atomic mass is 32.2. The van der Waals surface area contributed by atoms with Gasteiger partial charge < -0.3 is 10.4 Å². The zero-order valence-electron chi connectivity index (χ0n) is 11.6. The summed E-state index contributed by atoms with van der Waals surface area (Å²) >= 11 is 0. The molecule has 0 heterocycles. The molecular formula is C13H22N2O3S. The van der Waals surface area contributed by atoms with E-state index in [1.807, 2.05) is 0 Å². The molecular weight excluding hydrogens is 264 g/mol. The highest BCUT2D eigenvalue weighted by Crippen LogP contribution is 2.17. The van der Waals surface area contributed by atoms with E-state index in [4.69, 9.17) is 5.11 Å². The van der Waals surface area contributed by atoms with Gasteiger partial charge in [0.25, 0.3) is 0 Å². The topological polar surface area (TPSA) is 78.4 Å². The largest absolute Gasteiger partial charge is 0.396 e. The third-order valence-electron chi connectivity index (χ3n) is 3.03. The fourth-order valence-corrected chi connectivity index (χ4v) is 2.50. The minimum absolute atomic E-state index is 0.127. The second kappa shape index (κ2) is 6.88. The van der Waals surface area contributed by atoms with Crippen molar-refractivity contribution in [2.24, 2.45) is 5.92 Å². The molecule has 0 aromatic heterocycles. The molecule has 0 aliphatic heterocycles. The van der Waals surface area contributed by atoms with Crippen molar-refractivity contribution in [3.8, 4) is 0 Å². The van der Waals surface area contributed by atoms with Gasteiger partial charge in [-0.15, -0.1) is 0 Å². The van der Waals surface area contributed by atoms with Crippen LogP contribution >= 0.6 is 0 Å². The first-order valence-corrected chi connectivity index (χ1v) is 7.80. The average molecular weight is 286 g/mol. The maximum absolute atomic E-state index is 11.6. The van der Waals surface area contributed by atoms with Crippen LogP contribution in [0.25, 0.3) is 0 Å². The maximum atomic E-state index is 11.6. The Bertz CT molecular complexity index is 483. The summed E-state index contributed by atoms with van der Waals surface area (Å²) in [5.41, 5.74) is 0.849. The zero-order chi connectivity index (χ0) is 14.5. The van der Waals surface area contributed by atoms with Gasteiger partial charge in [0, 0.05) is 18.3 Å². The molecule has 1 rings (SSSR count). The smallest absolute Gasteiger partial charge is 0.240 e. The monoisotopic (exact) mass is 286 g/mol. The van der Waals surface area contributed by atoms with E-state index in [2.05, 4.69) is 23.9 Å². The van der Waals surface area contributed by atoms with Gasteiger partial charge in [0.05, 0.1) is 4.90 Å². The Balaban J connectivity index is 2.82. The van der Waals surface area contributed by atoms with Crippen LogP contribution < -0.4 is 10.0 Å². The second-order valence-corrected chi connectivity index (χ2v) is 6.63. The summed E-state index contributed by atoms with van der Waals surface area (Å²) in [6.07, 6.45) is 0.661. The van der Waals surface area contributed by atoms with Crippen LogP contribution in [-0.2, 0) is 10.0 Å². The van der Waals surface area contributed by atoms with Gasteiger partial charge in [0.15, 0.2) is 0 Å². The first-order valence-electron chi connectivity index (χ1n) is 6.31. The van der Waals surface area contributed by atoms with Gasteiger partial charge in [-0.2, -0.15) is 0 Å². The lowest BCUT2D eigenvalue weighted by Crippen LogP contribution is -2.26. The number of aliphatic hydroxyl groups is 1. The number of aliphatic hydroxyl groups excluding tert-OH is 1. The van der Waals surface area contributed by atoms with Crippen LogP contribution in [0.2, 0.25) is 0 Å². The molecule has 0 saturated carbocycles. The summed E-state index contributed by atoms with van der Waals surface area (Å²) < 4.78 is 25.4. The van der Waals surface area contributed by atoms with Gasteiger partial charge in [-0.25, -0.2) is 13.1 Å². The maximum Gasteiger partial charge on any atom is 0.240 e. The Morgan fingerprint density at radius 3 is 2.21 bits per heavy atom. The van der Waals surface area contributed by atoms with Crippen LogP contribution in [0.4, 0.5) is 5.69 Å². The van der Waals surface area contributed by atoms with Gasteiger partial charge in [-0.3, -0.25) is 0 Å². The van der Waals surface area contributed by atoms with Gasteiger partial charge >= 0.3 is 0 Å². The van der Waals surface area contributed by atoms with Gasteiger partial charge in [0.2, 0.25) is 10.0 Å². The van der Waals surface area contributed by atoms with Gasteiger partial charge in [-0.1, -0.05) is 13.8 Å². The Kier molecular flexibility index (Phi) is 5.78. The lowest BCUT2D eigenvalue weighted by atomic mass is 10.0. The lowest BCUT2D eigenvalue weighted by molar-refractivity contribution is 0.267. The molecule has 0 aliphatic carbocycles. The fourth-order valence-electron chi connectivity index (χ4n) is 1.77. The van der Waals surface area contributed by atoms with E-state index in [0.29, 0.717) is 12.3 Å². The molecule has 1 unspecified atom stereocenters. The summed E-state index contributed by atoms with van der Waals surface area (Å²) in [6, 6.07) is 6.75. The van der Waals surface area contributed by atoms with E-state index in [1.165, 1.54) is 7.05 Å². The van der Waals surface area contributed by atoms with Crippen LogP contribution in [-0.4, -0.2) is 33.2 Å². The van der Waals surface area contributed by atoms with Crippen molar-refractivity contribution in [1.29, 1.82) is 0 Å². The van der Waals surface area contributed by atoms with E-state index in [-0.39, 0.29) is 17.5 Å². The van der Waals surface area contributed by atoms with E-state index in [0.717, 1.165) is 5.69 Å². The Labute approximate surface area is 115 Å². The molecule has 0 radical (unpaired) electrons. The van der Waals surface area contributed by atoms with Crippen LogP contribution in [0.5, 0.6) is 0 Å². The predicted molar refractivity (Wildman–Crippen MR) is 76.6 cm³/mol. The van der Waals surface area contributed by atoms with Gasteiger partial charge in [0.1, 0.15) is 0 Å². The van der Waals surface area contributed by atoms with Crippen molar-refractivity contribution in [2.45, 2.75) is 31.2 Å². The first-order chi connectivity index (χ1) is 8.90. The summed E-state index contributed by atoms with van der Waals surface area (Å²) in [5, 5.41) is 12.3. The summed E-state index contributed by atoms with van der Waals surface area (Å²) in [6.45, 7) is 4.28. The standard InChI is InChI=1S/C13H22N2O3S/c1-10(2)13(8-9-16)15-11-4-6-12(7-5-11)19(17,18)14-3/h4-7,10,13-16H,8-9H2,1-3H3. The van der Waals surface area contributed by atoms with Gasteiger partial charge in [-0.05, 0) is 43.7 Å². The van der Waals surface area contributed by atoms with Crippen molar-refractivity contribution < 1.29 is 13.5 Å². The molecule has 0 spiro atoms. The van der Waals surface area contributed by atoms with Crippen molar-refractivity contribution in [1.82, 2.24) is 4.72 Å². The lowest BCUT2D eigenvalue weighted by Gasteiger charge is -2.22.